The summed E-state index contributed by atoms with van der Waals surface area (Å²) in [5.41, 5.74) is -0.430. The van der Waals surface area contributed by atoms with Gasteiger partial charge in [0.2, 0.25) is 0 Å². The number of alkyl halides is 3. The first-order valence-electron chi connectivity index (χ1n) is 8.29. The van der Waals surface area contributed by atoms with E-state index in [0.29, 0.717) is 4.88 Å². The largest absolute Gasteiger partial charge is 0.448 e. The molecule has 0 saturated carbocycles. The van der Waals surface area contributed by atoms with Gasteiger partial charge in [0.05, 0.1) is 16.3 Å². The van der Waals surface area contributed by atoms with Gasteiger partial charge in [-0.1, -0.05) is 11.6 Å². The average molecular weight is 446 g/mol. The fourth-order valence-electron chi connectivity index (χ4n) is 2.64. The number of carbonyl (C=O) groups excluding carboxylic acids is 2. The number of aryl methyl sites for hydroxylation is 2. The van der Waals surface area contributed by atoms with Crippen LogP contribution in [0.4, 0.5) is 18.9 Å². The number of hydrogen-bond donors (Lipinski definition) is 1. The van der Waals surface area contributed by atoms with E-state index in [1.165, 1.54) is 24.3 Å². The molecule has 0 spiro atoms. The lowest BCUT2D eigenvalue weighted by Crippen LogP contribution is -2.29. The third-order valence-corrected chi connectivity index (χ3v) is 5.60. The Balaban J connectivity index is 1.70. The minimum Gasteiger partial charge on any atom is -0.448 e. The van der Waals surface area contributed by atoms with E-state index in [2.05, 4.69) is 10.4 Å². The Labute approximate surface area is 172 Å². The van der Waals surface area contributed by atoms with Gasteiger partial charge in [-0.3, -0.25) is 9.48 Å². The van der Waals surface area contributed by atoms with Crippen LogP contribution in [0.25, 0.3) is 10.2 Å². The summed E-state index contributed by atoms with van der Waals surface area (Å²) in [6, 6.07) is 4.61. The first-order chi connectivity index (χ1) is 13.5. The third kappa shape index (κ3) is 4.38. The zero-order valence-electron chi connectivity index (χ0n) is 15.4. The Hall–Kier alpha value is -2.59. The smallest absolute Gasteiger partial charge is 0.417 e. The van der Waals surface area contributed by atoms with Crippen molar-refractivity contribution in [3.05, 3.63) is 45.4 Å². The lowest BCUT2D eigenvalue weighted by molar-refractivity contribution is -0.137. The maximum atomic E-state index is 12.9. The highest BCUT2D eigenvalue weighted by atomic mass is 35.5. The topological polar surface area (TPSA) is 73.2 Å². The molecule has 11 heteroatoms. The molecule has 2 heterocycles. The average Bonchev–Trinajstić information content (AvgIpc) is 3.17. The number of esters is 1. The number of nitrogens with one attached hydrogen (secondary N) is 1. The lowest BCUT2D eigenvalue weighted by atomic mass is 10.2. The van der Waals surface area contributed by atoms with Crippen LogP contribution in [-0.2, 0) is 22.8 Å². The second-order valence-corrected chi connectivity index (χ2v) is 7.71. The van der Waals surface area contributed by atoms with Gasteiger partial charge in [-0.05, 0) is 38.1 Å². The van der Waals surface area contributed by atoms with Gasteiger partial charge in [0.1, 0.15) is 9.71 Å². The van der Waals surface area contributed by atoms with E-state index in [-0.39, 0.29) is 5.69 Å². The van der Waals surface area contributed by atoms with Gasteiger partial charge < -0.3 is 10.1 Å². The molecule has 1 aromatic carbocycles. The van der Waals surface area contributed by atoms with Crippen LogP contribution in [0, 0.1) is 6.92 Å². The van der Waals surface area contributed by atoms with Gasteiger partial charge in [0, 0.05) is 18.1 Å². The number of anilines is 1. The Morgan fingerprint density at radius 2 is 2.00 bits per heavy atom. The van der Waals surface area contributed by atoms with Crippen molar-refractivity contribution >= 4 is 50.7 Å². The standard InChI is InChI=1S/C18H15ClF3N3O3S/c1-8-11-7-14(29-16(11)25(3)24-8)17(27)28-9(2)15(26)23-10-4-5-13(19)12(6-10)18(20,21)22/h4-7,9H,1-3H3,(H,23,26). The summed E-state index contributed by atoms with van der Waals surface area (Å²) in [6.07, 6.45) is -5.89. The van der Waals surface area contributed by atoms with Gasteiger partial charge in [-0.2, -0.15) is 18.3 Å². The number of benzene rings is 1. The molecule has 154 valence electrons. The molecule has 0 saturated heterocycles. The molecule has 0 fully saturated rings. The predicted molar refractivity (Wildman–Crippen MR) is 103 cm³/mol. The first kappa shape index (κ1) is 21.1. The monoisotopic (exact) mass is 445 g/mol. The molecule has 0 radical (unpaired) electrons. The molecule has 1 atom stereocenters. The van der Waals surface area contributed by atoms with E-state index in [1.807, 2.05) is 6.92 Å². The van der Waals surface area contributed by atoms with Crippen LogP contribution < -0.4 is 5.32 Å². The van der Waals surface area contributed by atoms with Gasteiger partial charge in [0.15, 0.2) is 6.10 Å². The van der Waals surface area contributed by atoms with E-state index in [4.69, 9.17) is 16.3 Å². The molecule has 1 N–H and O–H groups in total. The van der Waals surface area contributed by atoms with Crippen molar-refractivity contribution in [2.24, 2.45) is 7.05 Å². The molecule has 0 bridgehead atoms. The number of aromatic nitrogens is 2. The highest BCUT2D eigenvalue weighted by Gasteiger charge is 2.33. The molecule has 0 aliphatic carbocycles. The van der Waals surface area contributed by atoms with Crippen molar-refractivity contribution in [3.8, 4) is 0 Å². The number of rotatable bonds is 4. The number of thiophene rings is 1. The lowest BCUT2D eigenvalue weighted by Gasteiger charge is -2.15. The predicted octanol–water partition coefficient (Wildman–Crippen LogP) is 4.80. The SMILES string of the molecule is Cc1nn(C)c2sc(C(=O)OC(C)C(=O)Nc3ccc(Cl)c(C(F)(F)F)c3)cc12. The molecule has 3 aromatic rings. The number of carbonyl (C=O) groups is 2. The zero-order chi connectivity index (χ0) is 21.5. The first-order valence-corrected chi connectivity index (χ1v) is 9.48. The molecule has 0 aliphatic rings. The van der Waals surface area contributed by atoms with Crippen molar-refractivity contribution in [2.75, 3.05) is 5.32 Å². The summed E-state index contributed by atoms with van der Waals surface area (Å²) >= 11 is 6.73. The number of nitrogens with zero attached hydrogens (tertiary/aromatic N) is 2. The molecular weight excluding hydrogens is 431 g/mol. The number of fused-ring (bicyclic) bond motifs is 1. The third-order valence-electron chi connectivity index (χ3n) is 4.09. The van der Waals surface area contributed by atoms with Crippen LogP contribution in [0.1, 0.15) is 27.9 Å². The second kappa shape index (κ2) is 7.68. The number of ether oxygens (including phenoxy) is 1. The van der Waals surface area contributed by atoms with Crippen LogP contribution >= 0.6 is 22.9 Å². The Morgan fingerprint density at radius 1 is 1.31 bits per heavy atom. The summed E-state index contributed by atoms with van der Waals surface area (Å²) in [6.45, 7) is 3.13. The molecule has 0 aliphatic heterocycles. The van der Waals surface area contributed by atoms with Crippen LogP contribution in [0.2, 0.25) is 5.02 Å². The van der Waals surface area contributed by atoms with Gasteiger partial charge in [-0.25, -0.2) is 4.79 Å². The van der Waals surface area contributed by atoms with Gasteiger partial charge >= 0.3 is 12.1 Å². The van der Waals surface area contributed by atoms with Crippen LogP contribution in [0.3, 0.4) is 0 Å². The molecule has 1 amide bonds. The van der Waals surface area contributed by atoms with Gasteiger partial charge in [-0.15, -0.1) is 11.3 Å². The summed E-state index contributed by atoms with van der Waals surface area (Å²) in [5.74, 6) is -1.48. The minimum atomic E-state index is -4.66. The van der Waals surface area contributed by atoms with Crippen molar-refractivity contribution in [2.45, 2.75) is 26.1 Å². The van der Waals surface area contributed by atoms with Crippen LogP contribution in [-0.4, -0.2) is 27.8 Å². The maximum absolute atomic E-state index is 12.9. The minimum absolute atomic E-state index is 0.113. The quantitative estimate of drug-likeness (QED) is 0.585. The molecule has 1 unspecified atom stereocenters. The van der Waals surface area contributed by atoms with E-state index in [9.17, 15) is 22.8 Å². The Kier molecular flexibility index (Phi) is 5.59. The fourth-order valence-corrected chi connectivity index (χ4v) is 3.87. The van der Waals surface area contributed by atoms with Crippen LogP contribution in [0.5, 0.6) is 0 Å². The summed E-state index contributed by atoms with van der Waals surface area (Å²) in [5, 5.41) is 6.86. The Morgan fingerprint density at radius 3 is 2.62 bits per heavy atom. The normalized spacial score (nSPS) is 12.8. The van der Waals surface area contributed by atoms with Crippen molar-refractivity contribution in [3.63, 3.8) is 0 Å². The zero-order valence-corrected chi connectivity index (χ0v) is 17.0. The van der Waals surface area contributed by atoms with E-state index < -0.39 is 34.7 Å². The summed E-state index contributed by atoms with van der Waals surface area (Å²) in [4.78, 5) is 25.7. The molecule has 29 heavy (non-hydrogen) atoms. The fraction of sp³-hybridized carbons (Fsp3) is 0.278. The number of halogens is 4. The van der Waals surface area contributed by atoms with Gasteiger partial charge in [0.25, 0.3) is 5.91 Å². The van der Waals surface area contributed by atoms with Crippen molar-refractivity contribution in [1.29, 1.82) is 0 Å². The van der Waals surface area contributed by atoms with E-state index >= 15 is 0 Å². The molecule has 2 aromatic heterocycles. The van der Waals surface area contributed by atoms with Crippen molar-refractivity contribution in [1.82, 2.24) is 9.78 Å². The highest BCUT2D eigenvalue weighted by Crippen LogP contribution is 2.36. The van der Waals surface area contributed by atoms with Crippen LogP contribution in [0.15, 0.2) is 24.3 Å². The molecule has 6 nitrogen and oxygen atoms in total. The molecule has 3 rings (SSSR count). The summed E-state index contributed by atoms with van der Waals surface area (Å²) < 4.78 is 45.6. The Bertz CT molecular complexity index is 1070. The highest BCUT2D eigenvalue weighted by molar-refractivity contribution is 7.20. The number of hydrogen-bond acceptors (Lipinski definition) is 5. The second-order valence-electron chi connectivity index (χ2n) is 6.27. The number of amides is 1. The van der Waals surface area contributed by atoms with E-state index in [0.717, 1.165) is 28.0 Å². The molecular formula is C18H15ClF3N3O3S. The summed E-state index contributed by atoms with van der Waals surface area (Å²) in [7, 11) is 1.75. The van der Waals surface area contributed by atoms with E-state index in [1.54, 1.807) is 17.8 Å². The maximum Gasteiger partial charge on any atom is 0.417 e. The van der Waals surface area contributed by atoms with Crippen molar-refractivity contribution < 1.29 is 27.5 Å².